The van der Waals surface area contributed by atoms with Gasteiger partial charge in [0.25, 0.3) is 0 Å². The van der Waals surface area contributed by atoms with Crippen molar-refractivity contribution in [2.24, 2.45) is 16.6 Å². The molecule has 0 saturated heterocycles. The largest absolute Gasteiger partial charge is 0.383 e. The highest BCUT2D eigenvalue weighted by atomic mass is 79.9. The molecule has 4 nitrogen and oxygen atoms in total. The Morgan fingerprint density at radius 3 is 2.52 bits per heavy atom. The number of rotatable bonds is 7. The maximum atomic E-state index is 10.7. The first-order valence-electron chi connectivity index (χ1n) is 7.39. The minimum absolute atomic E-state index is 0.256. The monoisotopic (exact) mass is 355 g/mol. The Bertz CT molecular complexity index is 459. The van der Waals surface area contributed by atoms with Gasteiger partial charge in [0.2, 0.25) is 0 Å². The van der Waals surface area contributed by atoms with Crippen LogP contribution in [0.15, 0.2) is 33.7 Å². The molecule has 0 heterocycles. The van der Waals surface area contributed by atoms with E-state index in [2.05, 4.69) is 40.1 Å². The number of hydrogen-bond donors (Lipinski definition) is 3. The fraction of sp³-hybridized carbons (Fsp3) is 0.562. The molecule has 5 heteroatoms. The highest BCUT2D eigenvalue weighted by molar-refractivity contribution is 9.10. The normalized spacial score (nSPS) is 15.0. The molecule has 118 valence electrons. The van der Waals surface area contributed by atoms with Crippen LogP contribution in [-0.2, 0) is 5.60 Å². The van der Waals surface area contributed by atoms with Gasteiger partial charge in [0.05, 0.1) is 6.54 Å². The summed E-state index contributed by atoms with van der Waals surface area (Å²) in [5.74, 6) is 1.01. The smallest absolute Gasteiger partial charge is 0.188 e. The van der Waals surface area contributed by atoms with Crippen LogP contribution in [0.5, 0.6) is 0 Å². The Balaban J connectivity index is 2.65. The maximum absolute atomic E-state index is 10.7. The summed E-state index contributed by atoms with van der Waals surface area (Å²) in [6.07, 6.45) is 1.62. The molecule has 4 N–H and O–H groups in total. The van der Waals surface area contributed by atoms with E-state index in [4.69, 9.17) is 5.73 Å². The molecule has 0 aromatic heterocycles. The minimum atomic E-state index is -0.981. The van der Waals surface area contributed by atoms with Gasteiger partial charge in [-0.25, -0.2) is 0 Å². The molecule has 0 bridgehead atoms. The Morgan fingerprint density at radius 2 is 2.00 bits per heavy atom. The van der Waals surface area contributed by atoms with Gasteiger partial charge >= 0.3 is 0 Å². The molecule has 1 atom stereocenters. The number of nitrogens with zero attached hydrogens (tertiary/aromatic N) is 1. The summed E-state index contributed by atoms with van der Waals surface area (Å²) in [6.45, 7) is 7.33. The number of hydrogen-bond acceptors (Lipinski definition) is 2. The van der Waals surface area contributed by atoms with Crippen molar-refractivity contribution in [1.82, 2.24) is 5.32 Å². The van der Waals surface area contributed by atoms with Crippen LogP contribution >= 0.6 is 15.9 Å². The van der Waals surface area contributed by atoms with Crippen LogP contribution in [0.25, 0.3) is 0 Å². The average Bonchev–Trinajstić information content (AvgIpc) is 2.45. The van der Waals surface area contributed by atoms with Crippen LogP contribution < -0.4 is 11.1 Å². The molecule has 1 aromatic rings. The molecule has 1 aromatic carbocycles. The van der Waals surface area contributed by atoms with E-state index in [1.54, 1.807) is 0 Å². The maximum Gasteiger partial charge on any atom is 0.188 e. The van der Waals surface area contributed by atoms with Gasteiger partial charge in [-0.05, 0) is 36.5 Å². The van der Waals surface area contributed by atoms with Gasteiger partial charge in [0.15, 0.2) is 5.96 Å². The zero-order chi connectivity index (χ0) is 15.9. The molecule has 0 fully saturated rings. The fourth-order valence-corrected chi connectivity index (χ4v) is 2.19. The van der Waals surface area contributed by atoms with Crippen molar-refractivity contribution in [3.05, 3.63) is 34.3 Å². The van der Waals surface area contributed by atoms with Crippen molar-refractivity contribution in [1.29, 1.82) is 0 Å². The second-order valence-electron chi connectivity index (χ2n) is 5.70. The van der Waals surface area contributed by atoms with E-state index in [-0.39, 0.29) is 6.54 Å². The SMILES string of the molecule is CCC(O)(CN=C(N)NCCC(C)C)c1ccc(Br)cc1. The van der Waals surface area contributed by atoms with Crippen molar-refractivity contribution >= 4 is 21.9 Å². The molecule has 0 saturated carbocycles. The zero-order valence-corrected chi connectivity index (χ0v) is 14.7. The number of benzene rings is 1. The lowest BCUT2D eigenvalue weighted by atomic mass is 9.91. The fourth-order valence-electron chi connectivity index (χ4n) is 1.93. The van der Waals surface area contributed by atoms with Gasteiger partial charge in [-0.3, -0.25) is 4.99 Å². The number of aliphatic imine (C=N–C) groups is 1. The van der Waals surface area contributed by atoms with E-state index in [1.165, 1.54) is 0 Å². The molecule has 0 amide bonds. The average molecular weight is 356 g/mol. The van der Waals surface area contributed by atoms with Crippen molar-refractivity contribution in [2.75, 3.05) is 13.1 Å². The lowest BCUT2D eigenvalue weighted by Gasteiger charge is -2.25. The van der Waals surface area contributed by atoms with E-state index in [9.17, 15) is 5.11 Å². The zero-order valence-electron chi connectivity index (χ0n) is 13.1. The third-order valence-corrected chi connectivity index (χ3v) is 4.03. The molecule has 21 heavy (non-hydrogen) atoms. The highest BCUT2D eigenvalue weighted by Crippen LogP contribution is 2.26. The predicted octanol–water partition coefficient (Wildman–Crippen LogP) is 3.00. The third-order valence-electron chi connectivity index (χ3n) is 3.51. The third kappa shape index (κ3) is 6.06. The second-order valence-corrected chi connectivity index (χ2v) is 6.62. The predicted molar refractivity (Wildman–Crippen MR) is 92.3 cm³/mol. The number of nitrogens with two attached hydrogens (primary N) is 1. The van der Waals surface area contributed by atoms with Crippen LogP contribution in [-0.4, -0.2) is 24.2 Å². The first kappa shape index (κ1) is 18.0. The summed E-state index contributed by atoms with van der Waals surface area (Å²) >= 11 is 3.40. The van der Waals surface area contributed by atoms with Crippen LogP contribution in [0.2, 0.25) is 0 Å². The van der Waals surface area contributed by atoms with Gasteiger partial charge in [0.1, 0.15) is 5.60 Å². The number of nitrogens with one attached hydrogen (secondary N) is 1. The van der Waals surface area contributed by atoms with E-state index in [0.717, 1.165) is 23.0 Å². The molecular weight excluding hydrogens is 330 g/mol. The second kappa shape index (κ2) is 8.39. The van der Waals surface area contributed by atoms with E-state index in [0.29, 0.717) is 18.3 Å². The summed E-state index contributed by atoms with van der Waals surface area (Å²) in [5, 5.41) is 13.8. The summed E-state index contributed by atoms with van der Waals surface area (Å²) in [4.78, 5) is 4.28. The van der Waals surface area contributed by atoms with Crippen LogP contribution in [0, 0.1) is 5.92 Å². The van der Waals surface area contributed by atoms with Crippen molar-refractivity contribution in [3.63, 3.8) is 0 Å². The van der Waals surface area contributed by atoms with Crippen LogP contribution in [0.4, 0.5) is 0 Å². The Hall–Kier alpha value is -1.07. The first-order chi connectivity index (χ1) is 9.87. The van der Waals surface area contributed by atoms with E-state index >= 15 is 0 Å². The lowest BCUT2D eigenvalue weighted by molar-refractivity contribution is 0.0423. The molecular formula is C16H26BrN3O. The van der Waals surface area contributed by atoms with Gasteiger partial charge in [-0.2, -0.15) is 0 Å². The van der Waals surface area contributed by atoms with E-state index < -0.39 is 5.60 Å². The molecule has 0 aliphatic heterocycles. The van der Waals surface area contributed by atoms with E-state index in [1.807, 2.05) is 31.2 Å². The number of halogens is 1. The summed E-state index contributed by atoms with van der Waals surface area (Å²) in [6, 6.07) is 7.66. The number of aliphatic hydroxyl groups is 1. The molecule has 0 aliphatic carbocycles. The minimum Gasteiger partial charge on any atom is -0.383 e. The Labute approximate surface area is 136 Å². The molecule has 1 unspecified atom stereocenters. The summed E-state index contributed by atoms with van der Waals surface area (Å²) in [5.41, 5.74) is 5.72. The van der Waals surface area contributed by atoms with Gasteiger partial charge in [0, 0.05) is 11.0 Å². The van der Waals surface area contributed by atoms with Crippen LogP contribution in [0.1, 0.15) is 39.2 Å². The molecule has 0 spiro atoms. The van der Waals surface area contributed by atoms with Gasteiger partial charge in [-0.15, -0.1) is 0 Å². The summed E-state index contributed by atoms with van der Waals surface area (Å²) < 4.78 is 0.989. The highest BCUT2D eigenvalue weighted by Gasteiger charge is 2.26. The quantitative estimate of drug-likeness (QED) is 0.520. The van der Waals surface area contributed by atoms with Crippen molar-refractivity contribution < 1.29 is 5.11 Å². The first-order valence-corrected chi connectivity index (χ1v) is 8.19. The van der Waals surface area contributed by atoms with Gasteiger partial charge in [-0.1, -0.05) is 48.8 Å². The summed E-state index contributed by atoms with van der Waals surface area (Å²) in [7, 11) is 0. The number of guanidine groups is 1. The standard InChI is InChI=1S/C16H26BrN3O/c1-4-16(21,13-5-7-14(17)8-6-13)11-20-15(18)19-10-9-12(2)3/h5-8,12,21H,4,9-11H2,1-3H3,(H3,18,19,20). The Kier molecular flexibility index (Phi) is 7.18. The topological polar surface area (TPSA) is 70.6 Å². The van der Waals surface area contributed by atoms with Gasteiger partial charge < -0.3 is 16.2 Å². The Morgan fingerprint density at radius 1 is 1.38 bits per heavy atom. The van der Waals surface area contributed by atoms with Crippen LogP contribution in [0.3, 0.4) is 0 Å². The molecule has 0 radical (unpaired) electrons. The lowest BCUT2D eigenvalue weighted by Crippen LogP contribution is -2.36. The van der Waals surface area contributed by atoms with Crippen molar-refractivity contribution in [2.45, 2.75) is 39.2 Å². The molecule has 0 aliphatic rings. The van der Waals surface area contributed by atoms with Crippen molar-refractivity contribution in [3.8, 4) is 0 Å². The molecule has 1 rings (SSSR count).